The largest absolute Gasteiger partial charge is 0.372 e. The van der Waals surface area contributed by atoms with E-state index in [1.165, 1.54) is 0 Å². The maximum atomic E-state index is 11.1. The van der Waals surface area contributed by atoms with Gasteiger partial charge in [-0.2, -0.15) is 5.10 Å². The van der Waals surface area contributed by atoms with Gasteiger partial charge >= 0.3 is 0 Å². The maximum Gasteiger partial charge on any atom is 0.219 e. The monoisotopic (exact) mass is 267 g/mol. The Bertz CT molecular complexity index is 384. The van der Waals surface area contributed by atoms with Gasteiger partial charge in [-0.1, -0.05) is 20.8 Å². The molecule has 1 aliphatic rings. The molecule has 0 atom stereocenters. The van der Waals surface area contributed by atoms with E-state index in [0.717, 1.165) is 18.5 Å². The van der Waals surface area contributed by atoms with Gasteiger partial charge in [-0.25, -0.2) is 0 Å². The number of hydrogen-bond donors (Lipinski definition) is 1. The third-order valence-corrected chi connectivity index (χ3v) is 3.02. The van der Waals surface area contributed by atoms with Gasteiger partial charge in [0.1, 0.15) is 0 Å². The van der Waals surface area contributed by atoms with Crippen LogP contribution in [0.25, 0.3) is 0 Å². The summed E-state index contributed by atoms with van der Waals surface area (Å²) in [5.41, 5.74) is 0.952. The number of amides is 1. The molecule has 19 heavy (non-hydrogen) atoms. The number of aromatic nitrogens is 2. The van der Waals surface area contributed by atoms with Crippen molar-refractivity contribution in [3.8, 4) is 0 Å². The third-order valence-electron chi connectivity index (χ3n) is 3.02. The van der Waals surface area contributed by atoms with Crippen molar-refractivity contribution in [1.29, 1.82) is 0 Å². The average molecular weight is 267 g/mol. The van der Waals surface area contributed by atoms with Crippen LogP contribution in [0.5, 0.6) is 0 Å². The molecule has 1 heterocycles. The minimum absolute atomic E-state index is 0.123. The Hall–Kier alpha value is -1.36. The van der Waals surface area contributed by atoms with Crippen molar-refractivity contribution < 1.29 is 9.53 Å². The summed E-state index contributed by atoms with van der Waals surface area (Å²) in [5, 5.41) is 7.20. The number of hydrogen-bond acceptors (Lipinski definition) is 3. The second kappa shape index (κ2) is 7.94. The molecule has 5 heteroatoms. The maximum absolute atomic E-state index is 11.1. The van der Waals surface area contributed by atoms with Gasteiger partial charge in [0, 0.05) is 25.7 Å². The van der Waals surface area contributed by atoms with Crippen molar-refractivity contribution in [2.24, 2.45) is 7.05 Å². The van der Waals surface area contributed by atoms with Crippen molar-refractivity contribution in [2.75, 3.05) is 0 Å². The molecule has 1 saturated carbocycles. The van der Waals surface area contributed by atoms with Crippen LogP contribution in [0, 0.1) is 0 Å². The van der Waals surface area contributed by atoms with E-state index in [4.69, 9.17) is 4.74 Å². The predicted octanol–water partition coefficient (Wildman–Crippen LogP) is 2.02. The highest BCUT2D eigenvalue weighted by atomic mass is 16.5. The van der Waals surface area contributed by atoms with Crippen LogP contribution in [-0.2, 0) is 23.2 Å². The first-order chi connectivity index (χ1) is 9.17. The first-order valence-corrected chi connectivity index (χ1v) is 7.07. The molecule has 1 amide bonds. The fourth-order valence-corrected chi connectivity index (χ4v) is 1.89. The molecule has 0 saturated heterocycles. The Kier molecular flexibility index (Phi) is 6.56. The van der Waals surface area contributed by atoms with Crippen molar-refractivity contribution in [1.82, 2.24) is 15.1 Å². The Morgan fingerprint density at radius 2 is 2.21 bits per heavy atom. The molecule has 1 aromatic heterocycles. The van der Waals surface area contributed by atoms with Gasteiger partial charge in [0.05, 0.1) is 18.4 Å². The highest BCUT2D eigenvalue weighted by Crippen LogP contribution is 2.24. The molecule has 5 nitrogen and oxygen atoms in total. The van der Waals surface area contributed by atoms with E-state index < -0.39 is 0 Å². The molecular weight excluding hydrogens is 242 g/mol. The molecule has 1 N–H and O–H groups in total. The van der Waals surface area contributed by atoms with Crippen molar-refractivity contribution >= 4 is 5.91 Å². The first-order valence-electron chi connectivity index (χ1n) is 7.07. The average Bonchev–Trinajstić information content (AvgIpc) is 2.80. The summed E-state index contributed by atoms with van der Waals surface area (Å²) >= 11 is 0. The number of carbonyl (C=O) groups excluding carboxylic acids is 1. The van der Waals surface area contributed by atoms with Gasteiger partial charge in [0.25, 0.3) is 0 Å². The highest BCUT2D eigenvalue weighted by Gasteiger charge is 2.30. The Morgan fingerprint density at radius 1 is 1.53 bits per heavy atom. The molecule has 1 aliphatic carbocycles. The minimum Gasteiger partial charge on any atom is -0.372 e. The van der Waals surface area contributed by atoms with Gasteiger partial charge in [0.15, 0.2) is 0 Å². The van der Waals surface area contributed by atoms with Gasteiger partial charge in [-0.3, -0.25) is 9.48 Å². The van der Waals surface area contributed by atoms with Crippen LogP contribution in [0.4, 0.5) is 0 Å². The van der Waals surface area contributed by atoms with E-state index in [9.17, 15) is 4.79 Å². The van der Waals surface area contributed by atoms with Crippen molar-refractivity contribution in [3.63, 3.8) is 0 Å². The zero-order chi connectivity index (χ0) is 14.3. The van der Waals surface area contributed by atoms with E-state index >= 15 is 0 Å². The standard InChI is InChI=1S/C12H19N3O2.C2H6/c1-3-12(16)13-10-6-11(7-10)17-8-9-4-5-15(2)14-9;1-2/h4-5,10-11H,3,6-8H2,1-2H3,(H,13,16);1-2H3. The van der Waals surface area contributed by atoms with E-state index in [1.54, 1.807) is 4.68 Å². The molecule has 108 valence electrons. The molecule has 0 unspecified atom stereocenters. The Morgan fingerprint density at radius 3 is 2.74 bits per heavy atom. The molecule has 0 aromatic carbocycles. The zero-order valence-electron chi connectivity index (χ0n) is 12.3. The van der Waals surface area contributed by atoms with E-state index in [-0.39, 0.29) is 12.0 Å². The Balaban J connectivity index is 0.000000861. The summed E-state index contributed by atoms with van der Waals surface area (Å²) in [6.07, 6.45) is 4.55. The number of nitrogens with zero attached hydrogens (tertiary/aromatic N) is 2. The summed E-state index contributed by atoms with van der Waals surface area (Å²) in [5.74, 6) is 0.123. The lowest BCUT2D eigenvalue weighted by atomic mass is 9.89. The normalized spacial score (nSPS) is 21.1. The SMILES string of the molecule is CC.CCC(=O)NC1CC(OCc2ccn(C)n2)C1. The smallest absolute Gasteiger partial charge is 0.219 e. The van der Waals surface area contributed by atoms with Gasteiger partial charge in [-0.15, -0.1) is 0 Å². The molecule has 1 aromatic rings. The fraction of sp³-hybridized carbons (Fsp3) is 0.714. The molecule has 1 fully saturated rings. The van der Waals surface area contributed by atoms with E-state index in [2.05, 4.69) is 10.4 Å². The fourth-order valence-electron chi connectivity index (χ4n) is 1.89. The van der Waals surface area contributed by atoms with Crippen LogP contribution in [0.1, 0.15) is 45.7 Å². The van der Waals surface area contributed by atoms with Gasteiger partial charge in [0.2, 0.25) is 5.91 Å². The van der Waals surface area contributed by atoms with Crippen LogP contribution >= 0.6 is 0 Å². The Labute approximate surface area is 115 Å². The topological polar surface area (TPSA) is 56.1 Å². The summed E-state index contributed by atoms with van der Waals surface area (Å²) in [6.45, 7) is 6.42. The molecule has 2 rings (SSSR count). The number of ether oxygens (including phenoxy) is 1. The molecule has 0 spiro atoms. The van der Waals surface area contributed by atoms with E-state index in [1.807, 2.05) is 40.1 Å². The molecule has 0 aliphatic heterocycles. The number of nitrogens with one attached hydrogen (secondary N) is 1. The summed E-state index contributed by atoms with van der Waals surface area (Å²) < 4.78 is 7.46. The third kappa shape index (κ3) is 5.03. The lowest BCUT2D eigenvalue weighted by Gasteiger charge is -2.35. The predicted molar refractivity (Wildman–Crippen MR) is 74.6 cm³/mol. The zero-order valence-corrected chi connectivity index (χ0v) is 12.3. The molecule has 0 radical (unpaired) electrons. The lowest BCUT2D eigenvalue weighted by Crippen LogP contribution is -2.47. The van der Waals surface area contributed by atoms with Gasteiger partial charge in [-0.05, 0) is 18.9 Å². The van der Waals surface area contributed by atoms with Crippen LogP contribution in [0.3, 0.4) is 0 Å². The van der Waals surface area contributed by atoms with Crippen LogP contribution in [-0.4, -0.2) is 27.8 Å². The number of rotatable bonds is 5. The minimum atomic E-state index is 0.123. The number of aryl methyl sites for hydroxylation is 1. The number of carbonyl (C=O) groups is 1. The molecular formula is C14H25N3O2. The van der Waals surface area contributed by atoms with Crippen LogP contribution < -0.4 is 5.32 Å². The van der Waals surface area contributed by atoms with Crippen molar-refractivity contribution in [2.45, 2.75) is 58.8 Å². The van der Waals surface area contributed by atoms with Crippen LogP contribution in [0.15, 0.2) is 12.3 Å². The van der Waals surface area contributed by atoms with E-state index in [0.29, 0.717) is 19.1 Å². The highest BCUT2D eigenvalue weighted by molar-refractivity contribution is 5.75. The quantitative estimate of drug-likeness (QED) is 0.888. The summed E-state index contributed by atoms with van der Waals surface area (Å²) in [7, 11) is 1.89. The second-order valence-corrected chi connectivity index (χ2v) is 4.50. The second-order valence-electron chi connectivity index (χ2n) is 4.50. The first kappa shape index (κ1) is 15.7. The van der Waals surface area contributed by atoms with Crippen molar-refractivity contribution in [3.05, 3.63) is 18.0 Å². The summed E-state index contributed by atoms with van der Waals surface area (Å²) in [6, 6.07) is 2.26. The molecule has 0 bridgehead atoms. The van der Waals surface area contributed by atoms with Crippen LogP contribution in [0.2, 0.25) is 0 Å². The van der Waals surface area contributed by atoms with Gasteiger partial charge < -0.3 is 10.1 Å². The summed E-state index contributed by atoms with van der Waals surface area (Å²) in [4.78, 5) is 11.1. The lowest BCUT2D eigenvalue weighted by molar-refractivity contribution is -0.123.